The first kappa shape index (κ1) is 34.6. The van der Waals surface area contributed by atoms with Gasteiger partial charge >= 0.3 is 6.03 Å². The lowest BCUT2D eigenvalue weighted by molar-refractivity contribution is -0.192. The summed E-state index contributed by atoms with van der Waals surface area (Å²) in [6, 6.07) is 19.6. The number of piperazine rings is 1. The molecular formula is C37H43F2N7O5. The van der Waals surface area contributed by atoms with Crippen molar-refractivity contribution in [1.82, 2.24) is 19.7 Å². The van der Waals surface area contributed by atoms with Gasteiger partial charge in [-0.05, 0) is 74.5 Å². The molecule has 0 aliphatic carbocycles. The summed E-state index contributed by atoms with van der Waals surface area (Å²) in [6.07, 6.45) is 2.50. The number of halogens is 2. The Hall–Kier alpha value is -4.79. The summed E-state index contributed by atoms with van der Waals surface area (Å²) in [5.74, 6) is -2.29. The first-order valence-electron chi connectivity index (χ1n) is 17.4. The maximum absolute atomic E-state index is 14.9. The fraction of sp³-hybridized carbons (Fsp3) is 0.432. The van der Waals surface area contributed by atoms with Crippen molar-refractivity contribution in [2.24, 2.45) is 0 Å². The molecule has 51 heavy (non-hydrogen) atoms. The summed E-state index contributed by atoms with van der Waals surface area (Å²) < 4.78 is 54.0. The Morgan fingerprint density at radius 2 is 1.59 bits per heavy atom. The highest BCUT2D eigenvalue weighted by molar-refractivity contribution is 5.94. The zero-order valence-corrected chi connectivity index (χ0v) is 28.9. The lowest BCUT2D eigenvalue weighted by Gasteiger charge is -2.37. The molecule has 2 amide bonds. The summed E-state index contributed by atoms with van der Waals surface area (Å²) >= 11 is 0. The number of anilines is 3. The highest BCUT2D eigenvalue weighted by Crippen LogP contribution is 2.38. The van der Waals surface area contributed by atoms with E-state index in [-0.39, 0.29) is 37.5 Å². The van der Waals surface area contributed by atoms with Gasteiger partial charge in [-0.3, -0.25) is 4.90 Å². The average molecular weight is 704 g/mol. The molecule has 4 heterocycles. The number of rotatable bonds is 13. The Morgan fingerprint density at radius 1 is 0.902 bits per heavy atom. The van der Waals surface area contributed by atoms with Crippen LogP contribution in [-0.4, -0.2) is 104 Å². The normalized spacial score (nSPS) is 21.0. The van der Waals surface area contributed by atoms with E-state index in [4.69, 9.17) is 18.9 Å². The number of benzene rings is 3. The van der Waals surface area contributed by atoms with Gasteiger partial charge in [0.2, 0.25) is 5.79 Å². The standard InChI is InChI=1S/C37H43F2N7O5/c1-27(2)48-20-19-44-17-18-46(36(44)47)31-6-4-29(5-7-31)42-13-15-43(16-14-42)30-8-10-32(11-9-30)49-22-33-23-50-37(51-33,24-45-26-40-25-41-45)34-12-3-28(38)21-35(34)39/h3-12,21,25-27,33H,13-20,22-24H2,1-2H3/t33-,37-/m1/s1. The first-order chi connectivity index (χ1) is 24.8. The van der Waals surface area contributed by atoms with Gasteiger partial charge in [-0.1, -0.05) is 0 Å². The molecule has 1 aromatic heterocycles. The van der Waals surface area contributed by atoms with Crippen LogP contribution in [0.1, 0.15) is 19.4 Å². The molecule has 0 N–H and O–H groups in total. The van der Waals surface area contributed by atoms with Crippen LogP contribution in [0, 0.1) is 11.6 Å². The number of hydrogen-bond acceptors (Lipinski definition) is 9. The van der Waals surface area contributed by atoms with Crippen molar-refractivity contribution in [1.29, 1.82) is 0 Å². The topological polar surface area (TPSA) is 97.7 Å². The minimum Gasteiger partial charge on any atom is -0.491 e. The summed E-state index contributed by atoms with van der Waals surface area (Å²) in [7, 11) is 0. The predicted octanol–water partition coefficient (Wildman–Crippen LogP) is 4.90. The Kier molecular flexibility index (Phi) is 10.3. The Bertz CT molecular complexity index is 1750. The fourth-order valence-corrected chi connectivity index (χ4v) is 6.72. The highest BCUT2D eigenvalue weighted by Gasteiger charge is 2.46. The molecular weight excluding hydrogens is 660 g/mol. The predicted molar refractivity (Wildman–Crippen MR) is 187 cm³/mol. The van der Waals surface area contributed by atoms with Crippen molar-refractivity contribution in [3.05, 3.63) is 96.6 Å². The molecule has 3 aliphatic heterocycles. The van der Waals surface area contributed by atoms with Crippen LogP contribution in [-0.2, 0) is 26.5 Å². The van der Waals surface area contributed by atoms with E-state index in [1.54, 1.807) is 0 Å². The number of urea groups is 1. The number of aromatic nitrogens is 3. The largest absolute Gasteiger partial charge is 0.491 e. The third-order valence-electron chi connectivity index (χ3n) is 9.39. The number of amides is 2. The van der Waals surface area contributed by atoms with Crippen molar-refractivity contribution in [3.63, 3.8) is 0 Å². The van der Waals surface area contributed by atoms with Crippen molar-refractivity contribution in [3.8, 4) is 5.75 Å². The Labute approximate surface area is 296 Å². The van der Waals surface area contributed by atoms with Crippen LogP contribution in [0.5, 0.6) is 5.75 Å². The van der Waals surface area contributed by atoms with E-state index in [0.29, 0.717) is 32.0 Å². The molecule has 0 saturated carbocycles. The average Bonchev–Trinajstić information content (AvgIpc) is 3.89. The number of ether oxygens (including phenoxy) is 4. The van der Waals surface area contributed by atoms with Gasteiger partial charge in [0.25, 0.3) is 0 Å². The van der Waals surface area contributed by atoms with Gasteiger partial charge in [0, 0.05) is 74.5 Å². The van der Waals surface area contributed by atoms with E-state index in [1.165, 1.54) is 29.5 Å². The van der Waals surface area contributed by atoms with Gasteiger partial charge in [-0.2, -0.15) is 5.10 Å². The van der Waals surface area contributed by atoms with Gasteiger partial charge in [-0.25, -0.2) is 23.2 Å². The summed E-state index contributed by atoms with van der Waals surface area (Å²) in [5, 5.41) is 4.11. The van der Waals surface area contributed by atoms with E-state index < -0.39 is 23.5 Å². The Balaban J connectivity index is 0.889. The van der Waals surface area contributed by atoms with E-state index in [0.717, 1.165) is 49.3 Å². The monoisotopic (exact) mass is 703 g/mol. The van der Waals surface area contributed by atoms with Crippen LogP contribution in [0.2, 0.25) is 0 Å². The molecule has 0 spiro atoms. The molecule has 0 bridgehead atoms. The van der Waals surface area contributed by atoms with Crippen molar-refractivity contribution >= 4 is 23.1 Å². The van der Waals surface area contributed by atoms with Crippen LogP contribution >= 0.6 is 0 Å². The quantitative estimate of drug-likeness (QED) is 0.193. The van der Waals surface area contributed by atoms with E-state index >= 15 is 0 Å². The fourth-order valence-electron chi connectivity index (χ4n) is 6.72. The molecule has 3 saturated heterocycles. The van der Waals surface area contributed by atoms with E-state index in [1.807, 2.05) is 60.0 Å². The first-order valence-corrected chi connectivity index (χ1v) is 17.4. The SMILES string of the molecule is CC(C)OCCN1CCN(c2ccc(N3CCN(c4ccc(OC[C@@H]5CO[C@@](Cn6cncn6)(c6ccc(F)cc6F)O5)cc4)CC3)cc2)C1=O. The lowest BCUT2D eigenvalue weighted by atomic mass is 10.0. The number of nitrogens with zero attached hydrogens (tertiary/aromatic N) is 7. The third kappa shape index (κ3) is 7.92. The molecule has 3 fully saturated rings. The molecule has 4 aromatic rings. The summed E-state index contributed by atoms with van der Waals surface area (Å²) in [6.45, 7) is 10.3. The van der Waals surface area contributed by atoms with Gasteiger partial charge in [0.15, 0.2) is 0 Å². The summed E-state index contributed by atoms with van der Waals surface area (Å²) in [5.41, 5.74) is 3.24. The zero-order valence-electron chi connectivity index (χ0n) is 28.9. The van der Waals surface area contributed by atoms with Crippen molar-refractivity contribution < 1.29 is 32.5 Å². The molecule has 14 heteroatoms. The van der Waals surface area contributed by atoms with Crippen LogP contribution in [0.25, 0.3) is 0 Å². The minimum atomic E-state index is -1.51. The second kappa shape index (κ2) is 15.2. The molecule has 270 valence electrons. The van der Waals surface area contributed by atoms with Gasteiger partial charge in [0.05, 0.1) is 19.3 Å². The summed E-state index contributed by atoms with van der Waals surface area (Å²) in [4.78, 5) is 25.3. The third-order valence-corrected chi connectivity index (χ3v) is 9.39. The van der Waals surface area contributed by atoms with E-state index in [9.17, 15) is 13.6 Å². The van der Waals surface area contributed by atoms with Crippen molar-refractivity contribution in [2.45, 2.75) is 38.4 Å². The highest BCUT2D eigenvalue weighted by atomic mass is 19.1. The number of carbonyl (C=O) groups excluding carboxylic acids is 1. The number of carbonyl (C=O) groups is 1. The van der Waals surface area contributed by atoms with Crippen LogP contribution < -0.4 is 19.4 Å². The molecule has 12 nitrogen and oxygen atoms in total. The maximum atomic E-state index is 14.9. The number of hydrogen-bond donors (Lipinski definition) is 0. The molecule has 7 rings (SSSR count). The second-order valence-corrected chi connectivity index (χ2v) is 13.2. The van der Waals surface area contributed by atoms with E-state index in [2.05, 4.69) is 32.0 Å². The minimum absolute atomic E-state index is 0.0287. The Morgan fingerprint density at radius 3 is 2.24 bits per heavy atom. The molecule has 3 aromatic carbocycles. The molecule has 2 atom stereocenters. The molecule has 0 unspecified atom stereocenters. The lowest BCUT2D eigenvalue weighted by Crippen LogP contribution is -2.46. The van der Waals surface area contributed by atoms with Crippen molar-refractivity contribution in [2.75, 3.05) is 80.3 Å². The van der Waals surface area contributed by atoms with Crippen LogP contribution in [0.3, 0.4) is 0 Å². The van der Waals surface area contributed by atoms with Crippen LogP contribution in [0.4, 0.5) is 30.6 Å². The zero-order chi connectivity index (χ0) is 35.4. The van der Waals surface area contributed by atoms with Gasteiger partial charge < -0.3 is 33.6 Å². The second-order valence-electron chi connectivity index (χ2n) is 13.2. The molecule has 0 radical (unpaired) electrons. The maximum Gasteiger partial charge on any atom is 0.324 e. The van der Waals surface area contributed by atoms with Gasteiger partial charge in [0.1, 0.15) is 49.3 Å². The molecule has 3 aliphatic rings. The smallest absolute Gasteiger partial charge is 0.324 e. The van der Waals surface area contributed by atoms with Crippen LogP contribution in [0.15, 0.2) is 79.4 Å². The van der Waals surface area contributed by atoms with Gasteiger partial charge in [-0.15, -0.1) is 0 Å².